The summed E-state index contributed by atoms with van der Waals surface area (Å²) in [5.41, 5.74) is 0.401. The van der Waals surface area contributed by atoms with E-state index in [-0.39, 0.29) is 17.2 Å². The van der Waals surface area contributed by atoms with E-state index in [1.54, 1.807) is 18.2 Å². The molecule has 0 heterocycles. The van der Waals surface area contributed by atoms with Gasteiger partial charge in [-0.15, -0.1) is 0 Å². The minimum atomic E-state index is -0.646. The molecule has 1 N–H and O–H groups in total. The molecule has 2 aromatic rings. The van der Waals surface area contributed by atoms with Crippen LogP contribution in [-0.4, -0.2) is 16.0 Å². The van der Waals surface area contributed by atoms with Crippen LogP contribution in [0.15, 0.2) is 54.6 Å². The molecule has 2 rings (SSSR count). The van der Waals surface area contributed by atoms with Gasteiger partial charge in [0.05, 0.1) is 4.92 Å². The third-order valence-electron chi connectivity index (χ3n) is 2.60. The van der Waals surface area contributed by atoms with Gasteiger partial charge in [0, 0.05) is 23.8 Å². The number of phenolic OH excluding ortho intramolecular Hbond substituents is 1. The first-order valence-electron chi connectivity index (χ1n) is 5.98. The van der Waals surface area contributed by atoms with Crippen molar-refractivity contribution in [3.63, 3.8) is 0 Å². The molecular weight excluding hydrogens is 274 g/mol. The fourth-order valence-corrected chi connectivity index (χ4v) is 1.57. The Morgan fingerprint density at radius 1 is 1.14 bits per heavy atom. The summed E-state index contributed by atoms with van der Waals surface area (Å²) in [6, 6.07) is 11.7. The van der Waals surface area contributed by atoms with Crippen molar-refractivity contribution in [2.45, 2.75) is 0 Å². The molecular formula is C15H11NO5. The molecule has 2 aromatic carbocycles. The van der Waals surface area contributed by atoms with Gasteiger partial charge in [-0.05, 0) is 24.3 Å². The molecule has 0 radical (unpaired) electrons. The molecule has 0 saturated heterocycles. The zero-order valence-corrected chi connectivity index (χ0v) is 10.8. The van der Waals surface area contributed by atoms with E-state index >= 15 is 0 Å². The maximum Gasteiger partial charge on any atom is 0.336 e. The number of para-hydroxylation sites is 1. The summed E-state index contributed by atoms with van der Waals surface area (Å²) in [7, 11) is 0. The highest BCUT2D eigenvalue weighted by Gasteiger charge is 2.06. The first-order chi connectivity index (χ1) is 10.1. The van der Waals surface area contributed by atoms with Crippen molar-refractivity contribution < 1.29 is 19.6 Å². The number of nitro groups is 1. The maximum absolute atomic E-state index is 11.6. The molecule has 6 nitrogen and oxygen atoms in total. The van der Waals surface area contributed by atoms with E-state index in [2.05, 4.69) is 0 Å². The number of rotatable bonds is 4. The van der Waals surface area contributed by atoms with E-state index in [0.29, 0.717) is 5.56 Å². The zero-order valence-electron chi connectivity index (χ0n) is 10.8. The monoisotopic (exact) mass is 285 g/mol. The van der Waals surface area contributed by atoms with E-state index in [1.807, 2.05) is 0 Å². The van der Waals surface area contributed by atoms with Gasteiger partial charge in [-0.25, -0.2) is 4.79 Å². The lowest BCUT2D eigenvalue weighted by atomic mass is 10.2. The quantitative estimate of drug-likeness (QED) is 0.307. The summed E-state index contributed by atoms with van der Waals surface area (Å²) >= 11 is 0. The minimum Gasteiger partial charge on any atom is -0.507 e. The lowest BCUT2D eigenvalue weighted by Crippen LogP contribution is -2.03. The van der Waals surface area contributed by atoms with Crippen molar-refractivity contribution in [3.8, 4) is 11.5 Å². The van der Waals surface area contributed by atoms with Crippen molar-refractivity contribution in [2.24, 2.45) is 0 Å². The Morgan fingerprint density at radius 3 is 2.43 bits per heavy atom. The molecule has 0 aromatic heterocycles. The number of carbonyl (C=O) groups excluding carboxylic acids is 1. The predicted octanol–water partition coefficient (Wildman–Crippen LogP) is 2.92. The number of nitro benzene ring substituents is 1. The van der Waals surface area contributed by atoms with E-state index < -0.39 is 10.9 Å². The standard InChI is InChI=1S/C15H11NO5/c17-14-4-2-1-3-11(14)5-10-15(18)21-13-8-6-12(7-9-13)16(19)20/h1-10,17H/b10-5+. The fourth-order valence-electron chi connectivity index (χ4n) is 1.57. The number of benzene rings is 2. The molecule has 21 heavy (non-hydrogen) atoms. The highest BCUT2D eigenvalue weighted by Crippen LogP contribution is 2.19. The Hall–Kier alpha value is -3.15. The largest absolute Gasteiger partial charge is 0.507 e. The van der Waals surface area contributed by atoms with Crippen LogP contribution in [0.2, 0.25) is 0 Å². The SMILES string of the molecule is O=C(/C=C/c1ccccc1O)Oc1ccc([N+](=O)[O-])cc1. The van der Waals surface area contributed by atoms with Crippen LogP contribution in [0, 0.1) is 10.1 Å². The lowest BCUT2D eigenvalue weighted by molar-refractivity contribution is -0.384. The van der Waals surface area contributed by atoms with Gasteiger partial charge in [0.25, 0.3) is 5.69 Å². The van der Waals surface area contributed by atoms with E-state index in [1.165, 1.54) is 36.4 Å². The Bertz CT molecular complexity index is 691. The average molecular weight is 285 g/mol. The van der Waals surface area contributed by atoms with Crippen LogP contribution in [0.4, 0.5) is 5.69 Å². The summed E-state index contributed by atoms with van der Waals surface area (Å²) in [6.07, 6.45) is 2.58. The predicted molar refractivity (Wildman–Crippen MR) is 75.9 cm³/mol. The van der Waals surface area contributed by atoms with Crippen LogP contribution < -0.4 is 4.74 Å². The average Bonchev–Trinajstić information content (AvgIpc) is 2.47. The Morgan fingerprint density at radius 2 is 1.81 bits per heavy atom. The van der Waals surface area contributed by atoms with Crippen molar-refractivity contribution in [1.29, 1.82) is 0 Å². The smallest absolute Gasteiger partial charge is 0.336 e. The highest BCUT2D eigenvalue weighted by atomic mass is 16.6. The molecule has 0 aliphatic heterocycles. The summed E-state index contributed by atoms with van der Waals surface area (Å²) in [5.74, 6) is -0.392. The molecule has 0 atom stereocenters. The molecule has 0 spiro atoms. The number of aromatic hydroxyl groups is 1. The van der Waals surface area contributed by atoms with Gasteiger partial charge >= 0.3 is 5.97 Å². The number of ether oxygens (including phenoxy) is 1. The van der Waals surface area contributed by atoms with Crippen LogP contribution in [0.3, 0.4) is 0 Å². The van der Waals surface area contributed by atoms with Crippen molar-refractivity contribution in [3.05, 3.63) is 70.3 Å². The first-order valence-corrected chi connectivity index (χ1v) is 5.98. The van der Waals surface area contributed by atoms with Gasteiger partial charge in [0.1, 0.15) is 11.5 Å². The van der Waals surface area contributed by atoms with Gasteiger partial charge in [0.2, 0.25) is 0 Å². The Balaban J connectivity index is 2.02. The second-order valence-electron chi connectivity index (χ2n) is 4.06. The van der Waals surface area contributed by atoms with Gasteiger partial charge in [-0.1, -0.05) is 18.2 Å². The molecule has 0 unspecified atom stereocenters. The molecule has 6 heteroatoms. The van der Waals surface area contributed by atoms with Crippen LogP contribution in [0.25, 0.3) is 6.08 Å². The molecule has 0 aliphatic rings. The second-order valence-corrected chi connectivity index (χ2v) is 4.06. The van der Waals surface area contributed by atoms with E-state index in [9.17, 15) is 20.0 Å². The van der Waals surface area contributed by atoms with E-state index in [4.69, 9.17) is 4.74 Å². The summed E-state index contributed by atoms with van der Waals surface area (Å²) in [5, 5.41) is 20.0. The molecule has 0 amide bonds. The lowest BCUT2D eigenvalue weighted by Gasteiger charge is -2.01. The van der Waals surface area contributed by atoms with Gasteiger partial charge in [0.15, 0.2) is 0 Å². The second kappa shape index (κ2) is 6.33. The molecule has 0 aliphatic carbocycles. The molecule has 0 bridgehead atoms. The Labute approximate surface area is 120 Å². The van der Waals surface area contributed by atoms with Crippen LogP contribution >= 0.6 is 0 Å². The normalized spacial score (nSPS) is 10.5. The number of phenols is 1. The number of hydrogen-bond donors (Lipinski definition) is 1. The van der Waals surface area contributed by atoms with Crippen LogP contribution in [0.1, 0.15) is 5.56 Å². The van der Waals surface area contributed by atoms with Gasteiger partial charge in [-0.2, -0.15) is 0 Å². The minimum absolute atomic E-state index is 0.0527. The Kier molecular flexibility index (Phi) is 4.30. The van der Waals surface area contributed by atoms with Crippen LogP contribution in [-0.2, 0) is 4.79 Å². The first kappa shape index (κ1) is 14.3. The third kappa shape index (κ3) is 3.90. The molecule has 0 fully saturated rings. The summed E-state index contributed by atoms with van der Waals surface area (Å²) in [6.45, 7) is 0. The van der Waals surface area contributed by atoms with E-state index in [0.717, 1.165) is 6.08 Å². The number of esters is 1. The fraction of sp³-hybridized carbons (Fsp3) is 0. The number of nitrogens with zero attached hydrogens (tertiary/aromatic N) is 1. The highest BCUT2D eigenvalue weighted by molar-refractivity contribution is 5.89. The summed E-state index contributed by atoms with van der Waals surface area (Å²) in [4.78, 5) is 21.5. The zero-order chi connectivity index (χ0) is 15.2. The summed E-state index contributed by atoms with van der Waals surface area (Å²) < 4.78 is 4.98. The number of carbonyl (C=O) groups is 1. The van der Waals surface area contributed by atoms with Gasteiger partial charge < -0.3 is 9.84 Å². The number of non-ortho nitro benzene ring substituents is 1. The number of hydrogen-bond acceptors (Lipinski definition) is 5. The third-order valence-corrected chi connectivity index (χ3v) is 2.60. The molecule has 106 valence electrons. The van der Waals surface area contributed by atoms with Gasteiger partial charge in [-0.3, -0.25) is 10.1 Å². The topological polar surface area (TPSA) is 89.7 Å². The maximum atomic E-state index is 11.6. The van der Waals surface area contributed by atoms with Crippen molar-refractivity contribution in [2.75, 3.05) is 0 Å². The van der Waals surface area contributed by atoms with Crippen molar-refractivity contribution in [1.82, 2.24) is 0 Å². The van der Waals surface area contributed by atoms with Crippen LogP contribution in [0.5, 0.6) is 11.5 Å². The molecule has 0 saturated carbocycles. The van der Waals surface area contributed by atoms with Crippen molar-refractivity contribution >= 4 is 17.7 Å².